The Hall–Kier alpha value is -5.04. The normalized spacial score (nSPS) is 12.9. The molecule has 0 N–H and O–H groups in total. The van der Waals surface area contributed by atoms with E-state index in [4.69, 9.17) is 0 Å². The fourth-order valence-corrected chi connectivity index (χ4v) is 4.53. The molecule has 176 valence electrons. The minimum atomic E-state index is -0.766. The zero-order chi connectivity index (χ0) is 25.4. The second-order valence-corrected chi connectivity index (χ2v) is 8.41. The van der Waals surface area contributed by atoms with E-state index >= 15 is 0 Å². The highest BCUT2D eigenvalue weighted by Gasteiger charge is 2.34. The summed E-state index contributed by atoms with van der Waals surface area (Å²) in [6.07, 6.45) is 4.20. The van der Waals surface area contributed by atoms with E-state index in [2.05, 4.69) is 15.1 Å². The Balaban J connectivity index is 1.49. The van der Waals surface area contributed by atoms with E-state index in [-0.39, 0.29) is 38.8 Å². The van der Waals surface area contributed by atoms with E-state index in [1.807, 2.05) is 0 Å². The van der Waals surface area contributed by atoms with Crippen LogP contribution in [0.4, 0.5) is 11.4 Å². The maximum atomic E-state index is 13.0. The Morgan fingerprint density at radius 3 is 2.25 bits per heavy atom. The number of nitro groups is 2. The van der Waals surface area contributed by atoms with Gasteiger partial charge in [0.25, 0.3) is 23.2 Å². The summed E-state index contributed by atoms with van der Waals surface area (Å²) in [6, 6.07) is 12.8. The first-order valence-corrected chi connectivity index (χ1v) is 11.0. The lowest BCUT2D eigenvalue weighted by Crippen LogP contribution is -2.36. The molecule has 36 heavy (non-hydrogen) atoms. The van der Waals surface area contributed by atoms with Gasteiger partial charge in [-0.2, -0.15) is 10.1 Å². The van der Waals surface area contributed by atoms with Gasteiger partial charge in [0.15, 0.2) is 5.16 Å². The van der Waals surface area contributed by atoms with E-state index in [1.165, 1.54) is 54.9 Å². The minimum absolute atomic E-state index is 0.0866. The van der Waals surface area contributed by atoms with Crippen LogP contribution in [0.2, 0.25) is 0 Å². The first-order valence-electron chi connectivity index (χ1n) is 10.2. The van der Waals surface area contributed by atoms with Crippen LogP contribution in [-0.4, -0.2) is 42.9 Å². The highest BCUT2D eigenvalue weighted by Crippen LogP contribution is 2.36. The Bertz CT molecular complexity index is 1600. The molecule has 0 aliphatic carbocycles. The average molecular weight is 500 g/mol. The number of hydrazone groups is 1. The fraction of sp³-hybridized carbons (Fsp3) is 0. The lowest BCUT2D eigenvalue weighted by Gasteiger charge is -2.22. The molecule has 3 aromatic carbocycles. The van der Waals surface area contributed by atoms with E-state index in [0.29, 0.717) is 15.1 Å². The smallest absolute Gasteiger partial charge is 0.267 e. The number of nitrogens with zero attached hydrogens (tertiary/aromatic N) is 6. The molecule has 0 fully saturated rings. The van der Waals surface area contributed by atoms with E-state index in [1.54, 1.807) is 12.1 Å². The van der Waals surface area contributed by atoms with Crippen molar-refractivity contribution in [2.75, 3.05) is 0 Å². The van der Waals surface area contributed by atoms with Crippen LogP contribution in [0, 0.1) is 20.2 Å². The highest BCUT2D eigenvalue weighted by atomic mass is 32.2. The number of nitro benzene ring substituents is 2. The van der Waals surface area contributed by atoms with Crippen LogP contribution in [-0.2, 0) is 0 Å². The summed E-state index contributed by atoms with van der Waals surface area (Å²) in [5.41, 5.74) is -0.00476. The van der Waals surface area contributed by atoms with Crippen molar-refractivity contribution in [2.45, 2.75) is 10.1 Å². The zero-order valence-corrected chi connectivity index (χ0v) is 18.8. The molecule has 0 radical (unpaired) electrons. The largest absolute Gasteiger partial charge is 0.283 e. The predicted molar refractivity (Wildman–Crippen MR) is 128 cm³/mol. The quantitative estimate of drug-likeness (QED) is 0.124. The maximum absolute atomic E-state index is 13.0. The Kier molecular flexibility index (Phi) is 5.66. The maximum Gasteiger partial charge on any atom is 0.283 e. The summed E-state index contributed by atoms with van der Waals surface area (Å²) in [6.45, 7) is 0. The van der Waals surface area contributed by atoms with Gasteiger partial charge in [-0.25, -0.2) is 9.97 Å². The SMILES string of the molecule is O=C1c2cccc3c([N+](=O)[O-])ccc(c23)C(=O)N1/N=C\c1ccc(Sc2ncccn2)c([N+](=O)[O-])c1. The summed E-state index contributed by atoms with van der Waals surface area (Å²) in [5, 5.41) is 28.3. The number of carbonyl (C=O) groups is 2. The molecule has 0 bridgehead atoms. The van der Waals surface area contributed by atoms with Crippen LogP contribution in [0.25, 0.3) is 10.8 Å². The van der Waals surface area contributed by atoms with Crippen molar-refractivity contribution in [3.63, 3.8) is 0 Å². The van der Waals surface area contributed by atoms with Gasteiger partial charge in [-0.3, -0.25) is 29.8 Å². The minimum Gasteiger partial charge on any atom is -0.267 e. The molecule has 2 amide bonds. The van der Waals surface area contributed by atoms with Gasteiger partial charge in [-0.05, 0) is 42.1 Å². The number of hydrogen-bond acceptors (Lipinski definition) is 10. The van der Waals surface area contributed by atoms with Crippen LogP contribution in [0.15, 0.2) is 82.1 Å². The molecule has 1 aliphatic rings. The summed E-state index contributed by atoms with van der Waals surface area (Å²) < 4.78 is 0. The van der Waals surface area contributed by atoms with Gasteiger partial charge in [-0.15, -0.1) is 0 Å². The number of non-ortho nitro benzene ring substituents is 1. The van der Waals surface area contributed by atoms with Gasteiger partial charge in [0.2, 0.25) is 0 Å². The molecule has 2 heterocycles. The molecule has 1 aliphatic heterocycles. The number of rotatable bonds is 6. The Labute approximate surface area is 205 Å². The second-order valence-electron chi connectivity index (χ2n) is 7.40. The van der Waals surface area contributed by atoms with Crippen LogP contribution >= 0.6 is 11.8 Å². The third-order valence-electron chi connectivity index (χ3n) is 5.31. The lowest BCUT2D eigenvalue weighted by atomic mass is 9.94. The summed E-state index contributed by atoms with van der Waals surface area (Å²) in [5.74, 6) is -1.53. The van der Waals surface area contributed by atoms with Gasteiger partial charge in [-0.1, -0.05) is 12.1 Å². The molecular formula is C23H12N6O6S. The Morgan fingerprint density at radius 2 is 1.56 bits per heavy atom. The molecular weight excluding hydrogens is 488 g/mol. The van der Waals surface area contributed by atoms with Gasteiger partial charge in [0.05, 0.1) is 37.5 Å². The monoisotopic (exact) mass is 500 g/mol. The van der Waals surface area contributed by atoms with Crippen molar-refractivity contribution in [3.05, 3.63) is 104 Å². The van der Waals surface area contributed by atoms with Gasteiger partial charge >= 0.3 is 0 Å². The van der Waals surface area contributed by atoms with Crippen LogP contribution in [0.3, 0.4) is 0 Å². The van der Waals surface area contributed by atoms with Crippen molar-refractivity contribution in [3.8, 4) is 0 Å². The number of amides is 2. The standard InChI is InChI=1S/C23H12N6O6S/c30-21-15-4-1-3-14-17(28(32)33)7-6-16(20(14)15)22(31)27(21)26-12-13-5-8-19(18(11-13)29(34)35)36-23-24-9-2-10-25-23/h1-12H/b26-12-. The molecule has 12 nitrogen and oxygen atoms in total. The molecule has 0 saturated carbocycles. The zero-order valence-electron chi connectivity index (χ0n) is 18.0. The molecule has 1 aromatic heterocycles. The topological polar surface area (TPSA) is 162 Å². The van der Waals surface area contributed by atoms with Crippen molar-refractivity contribution in [1.82, 2.24) is 15.0 Å². The number of hydrogen-bond donors (Lipinski definition) is 0. The Morgan fingerprint density at radius 1 is 0.861 bits per heavy atom. The first kappa shape index (κ1) is 22.7. The van der Waals surface area contributed by atoms with Gasteiger partial charge in [0.1, 0.15) is 0 Å². The number of imide groups is 1. The number of benzene rings is 3. The molecule has 5 rings (SSSR count). The third kappa shape index (κ3) is 3.92. The van der Waals surface area contributed by atoms with Crippen LogP contribution in [0.1, 0.15) is 26.3 Å². The van der Waals surface area contributed by atoms with Gasteiger partial charge in [0, 0.05) is 35.5 Å². The van der Waals surface area contributed by atoms with E-state index < -0.39 is 21.7 Å². The van der Waals surface area contributed by atoms with Crippen LogP contribution < -0.4 is 0 Å². The van der Waals surface area contributed by atoms with Crippen molar-refractivity contribution in [1.29, 1.82) is 0 Å². The molecule has 0 saturated heterocycles. The second kappa shape index (κ2) is 8.96. The average Bonchev–Trinajstić information content (AvgIpc) is 2.88. The van der Waals surface area contributed by atoms with Crippen molar-refractivity contribution < 1.29 is 19.4 Å². The third-order valence-corrected chi connectivity index (χ3v) is 6.26. The molecule has 4 aromatic rings. The summed E-state index contributed by atoms with van der Waals surface area (Å²) >= 11 is 1.02. The molecule has 0 unspecified atom stereocenters. The molecule has 13 heteroatoms. The predicted octanol–water partition coefficient (Wildman–Crippen LogP) is 4.23. The molecule has 0 atom stereocenters. The van der Waals surface area contributed by atoms with E-state index in [0.717, 1.165) is 18.0 Å². The summed E-state index contributed by atoms with van der Waals surface area (Å²) in [4.78, 5) is 56.3. The fourth-order valence-electron chi connectivity index (χ4n) is 3.74. The molecule has 0 spiro atoms. The number of carbonyl (C=O) groups excluding carboxylic acids is 2. The lowest BCUT2D eigenvalue weighted by molar-refractivity contribution is -0.387. The highest BCUT2D eigenvalue weighted by molar-refractivity contribution is 7.99. The first-order chi connectivity index (χ1) is 17.3. The van der Waals surface area contributed by atoms with E-state index in [9.17, 15) is 29.8 Å². The van der Waals surface area contributed by atoms with Crippen molar-refractivity contribution in [2.24, 2.45) is 5.10 Å². The van der Waals surface area contributed by atoms with Gasteiger partial charge < -0.3 is 0 Å². The number of aromatic nitrogens is 2. The van der Waals surface area contributed by atoms with Crippen LogP contribution in [0.5, 0.6) is 0 Å². The summed E-state index contributed by atoms with van der Waals surface area (Å²) in [7, 11) is 0. The van der Waals surface area contributed by atoms with Crippen molar-refractivity contribution >= 4 is 51.9 Å².